The number of carbonyl (C=O) groups is 3. The lowest BCUT2D eigenvalue weighted by Crippen LogP contribution is -2.57. The van der Waals surface area contributed by atoms with E-state index in [1.165, 1.54) is 89.9 Å². The maximum absolute atomic E-state index is 12.4. The highest BCUT2D eigenvalue weighted by Crippen LogP contribution is 2.15. The highest BCUT2D eigenvalue weighted by atomic mass is 32.2. The predicted octanol–water partition coefficient (Wildman–Crippen LogP) is 7.42. The average molecular weight is 717 g/mol. The molecule has 0 aliphatic carbocycles. The van der Waals surface area contributed by atoms with E-state index in [0.717, 1.165) is 58.2 Å². The molecule has 1 rings (SSSR count). The van der Waals surface area contributed by atoms with E-state index in [2.05, 4.69) is 31.5 Å². The van der Waals surface area contributed by atoms with Gasteiger partial charge in [-0.05, 0) is 25.7 Å². The molecule has 11 heteroatoms. The van der Waals surface area contributed by atoms with Gasteiger partial charge < -0.3 is 19.7 Å². The molecular formula is C38H76N4O6S. The molecule has 1 aliphatic rings. The number of likely N-dealkylation sites (N-methyl/N-ethyl adjacent to an activating group) is 1. The molecule has 0 aromatic rings. The van der Waals surface area contributed by atoms with Crippen LogP contribution in [-0.2, 0) is 24.5 Å². The van der Waals surface area contributed by atoms with Gasteiger partial charge in [-0.25, -0.2) is 8.42 Å². The minimum atomic E-state index is -3.94. The van der Waals surface area contributed by atoms with Gasteiger partial charge in [-0.1, -0.05) is 130 Å². The first-order chi connectivity index (χ1) is 23.5. The van der Waals surface area contributed by atoms with Crippen molar-refractivity contribution in [3.63, 3.8) is 0 Å². The molecule has 0 spiro atoms. The zero-order valence-electron chi connectivity index (χ0n) is 32.2. The van der Waals surface area contributed by atoms with Gasteiger partial charge in [0.25, 0.3) is 0 Å². The molecule has 1 heterocycles. The molecule has 1 aliphatic heterocycles. The van der Waals surface area contributed by atoms with Crippen LogP contribution in [0.4, 0.5) is 0 Å². The van der Waals surface area contributed by atoms with Gasteiger partial charge in [0.2, 0.25) is 17.7 Å². The van der Waals surface area contributed by atoms with E-state index in [1.807, 2.05) is 11.8 Å². The smallest absolute Gasteiger partial charge is 0.226 e. The lowest BCUT2D eigenvalue weighted by Gasteiger charge is -2.37. The number of rotatable bonds is 31. The summed E-state index contributed by atoms with van der Waals surface area (Å²) in [5.41, 5.74) is 0. The van der Waals surface area contributed by atoms with Crippen LogP contribution in [-0.4, -0.2) is 92.3 Å². The molecule has 10 nitrogen and oxygen atoms in total. The second-order valence-electron chi connectivity index (χ2n) is 14.4. The normalized spacial score (nSPS) is 13.3. The van der Waals surface area contributed by atoms with Crippen molar-refractivity contribution in [1.29, 1.82) is 0 Å². The quantitative estimate of drug-likeness (QED) is 0.0436. The third-order valence-corrected chi connectivity index (χ3v) is 10.2. The summed E-state index contributed by atoms with van der Waals surface area (Å²) in [5.74, 6) is 0.263. The van der Waals surface area contributed by atoms with Crippen molar-refractivity contribution in [2.24, 2.45) is 0 Å². The zero-order valence-corrected chi connectivity index (χ0v) is 33.0. The van der Waals surface area contributed by atoms with Gasteiger partial charge >= 0.3 is 0 Å². The van der Waals surface area contributed by atoms with Crippen LogP contribution in [0.1, 0.15) is 175 Å². The number of nitrogens with one attached hydrogen (secondary N) is 2. The standard InChI is InChI=1S/C34H66N4O3.C4H10O3S/c1-4-6-8-10-12-14-16-18-20-23-32(39)35-26-29-38(3,31-37-28-22-25-34(37)41)30-27-36-33(40)24-21-19-17-15-13-11-9-7-5-2;1-2-3-4-8(5,6)7/h4-31H2,1-3H3,(H-,35,36,39,40);2-4H2,1H3,(H,5,6,7). The topological polar surface area (TPSA) is 136 Å². The number of hydrogen-bond acceptors (Lipinski definition) is 6. The van der Waals surface area contributed by atoms with Crippen LogP contribution in [0.2, 0.25) is 0 Å². The number of carbonyl (C=O) groups excluding carboxylic acids is 3. The van der Waals surface area contributed by atoms with E-state index >= 15 is 0 Å². The van der Waals surface area contributed by atoms with Crippen molar-refractivity contribution in [1.82, 2.24) is 15.5 Å². The molecule has 0 aromatic carbocycles. The van der Waals surface area contributed by atoms with Crippen molar-refractivity contribution >= 4 is 27.8 Å². The van der Waals surface area contributed by atoms with E-state index in [9.17, 15) is 27.4 Å². The molecule has 3 amide bonds. The van der Waals surface area contributed by atoms with Crippen LogP contribution in [0.25, 0.3) is 0 Å². The highest BCUT2D eigenvalue weighted by molar-refractivity contribution is 7.85. The molecule has 2 N–H and O–H groups in total. The Morgan fingerprint density at radius 1 is 0.673 bits per heavy atom. The van der Waals surface area contributed by atoms with Crippen LogP contribution in [0.15, 0.2) is 0 Å². The van der Waals surface area contributed by atoms with Crippen molar-refractivity contribution in [2.75, 3.05) is 52.2 Å². The zero-order chi connectivity index (χ0) is 36.6. The summed E-state index contributed by atoms with van der Waals surface area (Å²) < 4.78 is 30.1. The average Bonchev–Trinajstić information content (AvgIpc) is 3.45. The fraction of sp³-hybridized carbons (Fsp3) is 0.921. The van der Waals surface area contributed by atoms with Crippen molar-refractivity contribution < 1.29 is 31.8 Å². The number of nitrogens with zero attached hydrogens (tertiary/aromatic N) is 2. The van der Waals surface area contributed by atoms with E-state index in [0.29, 0.717) is 49.9 Å². The third kappa shape index (κ3) is 30.8. The predicted molar refractivity (Wildman–Crippen MR) is 201 cm³/mol. The summed E-state index contributed by atoms with van der Waals surface area (Å²) in [6, 6.07) is 0. The second kappa shape index (κ2) is 31.1. The molecule has 0 bridgehead atoms. The molecule has 0 saturated carbocycles. The van der Waals surface area contributed by atoms with E-state index in [-0.39, 0.29) is 23.5 Å². The number of unbranched alkanes of at least 4 members (excludes halogenated alkanes) is 17. The van der Waals surface area contributed by atoms with Gasteiger partial charge in [0.1, 0.15) is 0 Å². The number of hydrogen-bond donors (Lipinski definition) is 2. The first-order valence-corrected chi connectivity index (χ1v) is 21.6. The first kappa shape index (κ1) is 47.3. The van der Waals surface area contributed by atoms with E-state index in [4.69, 9.17) is 0 Å². The van der Waals surface area contributed by atoms with Gasteiger partial charge in [0.15, 0.2) is 6.67 Å². The fourth-order valence-corrected chi connectivity index (χ4v) is 6.78. The van der Waals surface area contributed by atoms with Gasteiger partial charge in [0.05, 0.1) is 43.3 Å². The maximum Gasteiger partial charge on any atom is 0.226 e. The third-order valence-electron chi connectivity index (χ3n) is 9.39. The Kier molecular flexibility index (Phi) is 30.0. The van der Waals surface area contributed by atoms with Crippen LogP contribution in [0.5, 0.6) is 0 Å². The highest BCUT2D eigenvalue weighted by Gasteiger charge is 2.30. The van der Waals surface area contributed by atoms with Gasteiger partial charge in [0, 0.05) is 31.6 Å². The maximum atomic E-state index is 12.4. The Balaban J connectivity index is 0.00000254. The number of quaternary nitrogens is 1. The summed E-state index contributed by atoms with van der Waals surface area (Å²) in [6.07, 6.45) is 26.5. The molecular weight excluding hydrogens is 641 g/mol. The number of amides is 3. The Morgan fingerprint density at radius 3 is 1.39 bits per heavy atom. The molecule has 0 unspecified atom stereocenters. The van der Waals surface area contributed by atoms with Gasteiger partial charge in [-0.15, -0.1) is 0 Å². The summed E-state index contributed by atoms with van der Waals surface area (Å²) in [6.45, 7) is 10.5. The Bertz CT molecular complexity index is 907. The van der Waals surface area contributed by atoms with Crippen molar-refractivity contribution in [3.05, 3.63) is 0 Å². The van der Waals surface area contributed by atoms with Gasteiger partial charge in [-0.2, -0.15) is 0 Å². The van der Waals surface area contributed by atoms with Crippen molar-refractivity contribution in [3.8, 4) is 0 Å². The Morgan fingerprint density at radius 2 is 1.06 bits per heavy atom. The molecule has 0 aromatic heterocycles. The molecule has 1 fully saturated rings. The first-order valence-electron chi connectivity index (χ1n) is 20.0. The summed E-state index contributed by atoms with van der Waals surface area (Å²) in [4.78, 5) is 39.1. The van der Waals surface area contributed by atoms with Crippen LogP contribution < -0.4 is 10.6 Å². The summed E-state index contributed by atoms with van der Waals surface area (Å²) in [5, 5.41) is 6.22. The minimum absolute atomic E-state index is 0.131. The SMILES string of the molecule is CCCCCCCCCCCC(=O)NCC[N+](C)(CCNC(=O)CCCCCCCCCCC)CN1CCCC1=O.CCCCS(=O)(=O)[O-]. The van der Waals surface area contributed by atoms with Gasteiger partial charge in [-0.3, -0.25) is 19.3 Å². The van der Waals surface area contributed by atoms with E-state index < -0.39 is 10.1 Å². The van der Waals surface area contributed by atoms with Crippen LogP contribution in [0, 0.1) is 0 Å². The monoisotopic (exact) mass is 717 g/mol. The molecule has 290 valence electrons. The van der Waals surface area contributed by atoms with Crippen LogP contribution >= 0.6 is 0 Å². The Labute approximate surface area is 301 Å². The largest absolute Gasteiger partial charge is 0.748 e. The minimum Gasteiger partial charge on any atom is -0.748 e. The van der Waals surface area contributed by atoms with Crippen LogP contribution in [0.3, 0.4) is 0 Å². The lowest BCUT2D eigenvalue weighted by atomic mass is 10.1. The molecule has 0 radical (unpaired) electrons. The van der Waals surface area contributed by atoms with Crippen molar-refractivity contribution in [2.45, 2.75) is 175 Å². The Hall–Kier alpha value is -1.72. The summed E-state index contributed by atoms with van der Waals surface area (Å²) in [7, 11) is -1.79. The fourth-order valence-electron chi connectivity index (χ4n) is 6.14. The second-order valence-corrected chi connectivity index (χ2v) is 16.0. The molecule has 0 atom stereocenters. The number of likely N-dealkylation sites (tertiary alicyclic amines) is 1. The molecule has 49 heavy (non-hydrogen) atoms. The lowest BCUT2D eigenvalue weighted by molar-refractivity contribution is -0.915. The van der Waals surface area contributed by atoms with E-state index in [1.54, 1.807) is 0 Å². The molecule has 1 saturated heterocycles. The summed E-state index contributed by atoms with van der Waals surface area (Å²) >= 11 is 0.